The molecule has 0 aliphatic heterocycles. The van der Waals surface area contributed by atoms with Crippen molar-refractivity contribution in [3.63, 3.8) is 0 Å². The van der Waals surface area contributed by atoms with Gasteiger partial charge < -0.3 is 16.0 Å². The summed E-state index contributed by atoms with van der Waals surface area (Å²) in [5, 5.41) is 21.5. The number of aryl methyl sites for hydroxylation is 1. The fourth-order valence-electron chi connectivity index (χ4n) is 4.70. The number of pyridine rings is 1. The van der Waals surface area contributed by atoms with Crippen LogP contribution in [0.4, 0.5) is 17.2 Å². The van der Waals surface area contributed by atoms with E-state index in [1.807, 2.05) is 60.8 Å². The maximum atomic E-state index is 13.3. The number of nitrogens with one attached hydrogen (secondary N) is 3. The summed E-state index contributed by atoms with van der Waals surface area (Å²) in [6.07, 6.45) is 5.06. The number of nitriles is 1. The SMILES string of the molecule is Cc1ccccc1Nc1ncc(C(=O)NCC2(C#N)CCCC2)cc1NC(=O)c1csc2ccccc12. The lowest BCUT2D eigenvalue weighted by atomic mass is 9.88. The van der Waals surface area contributed by atoms with Crippen LogP contribution in [0.15, 0.2) is 66.2 Å². The third-order valence-electron chi connectivity index (χ3n) is 6.91. The molecule has 7 nitrogen and oxygen atoms in total. The Morgan fingerprint density at radius 2 is 1.81 bits per heavy atom. The number of para-hydroxylation sites is 1. The minimum Gasteiger partial charge on any atom is -0.350 e. The summed E-state index contributed by atoms with van der Waals surface area (Å²) < 4.78 is 1.02. The number of benzene rings is 2. The number of hydrogen-bond acceptors (Lipinski definition) is 6. The highest BCUT2D eigenvalue weighted by molar-refractivity contribution is 7.17. The predicted octanol–water partition coefficient (Wildman–Crippen LogP) is 6.41. The third kappa shape index (κ3) is 5.18. The lowest BCUT2D eigenvalue weighted by Crippen LogP contribution is -2.35. The van der Waals surface area contributed by atoms with Crippen LogP contribution < -0.4 is 16.0 Å². The normalized spacial score (nSPS) is 14.2. The van der Waals surface area contributed by atoms with Crippen molar-refractivity contribution in [3.05, 3.63) is 82.9 Å². The van der Waals surface area contributed by atoms with E-state index in [1.54, 1.807) is 6.07 Å². The van der Waals surface area contributed by atoms with E-state index in [2.05, 4.69) is 27.0 Å². The molecular weight excluding hydrogens is 482 g/mol. The van der Waals surface area contributed by atoms with Gasteiger partial charge in [-0.05, 0) is 43.5 Å². The van der Waals surface area contributed by atoms with Gasteiger partial charge in [-0.3, -0.25) is 9.59 Å². The summed E-state index contributed by atoms with van der Waals surface area (Å²) in [5.74, 6) is -0.171. The van der Waals surface area contributed by atoms with Gasteiger partial charge in [-0.15, -0.1) is 11.3 Å². The van der Waals surface area contributed by atoms with Crippen LogP contribution >= 0.6 is 11.3 Å². The van der Waals surface area contributed by atoms with Crippen LogP contribution in [0.1, 0.15) is 52.0 Å². The minimum atomic E-state index is -0.507. The standard InChI is InChI=1S/C29H27N5O2S/c1-19-8-2-4-10-23(19)33-26-24(34-28(36)22-16-37-25-11-5-3-9-21(22)25)14-20(15-31-26)27(35)32-18-29(17-30)12-6-7-13-29/h2-5,8-11,14-16H,6-7,12-13,18H2,1H3,(H,31,33)(H,32,35)(H,34,36). The zero-order valence-electron chi connectivity index (χ0n) is 20.5. The molecule has 0 radical (unpaired) electrons. The van der Waals surface area contributed by atoms with E-state index in [9.17, 15) is 14.9 Å². The van der Waals surface area contributed by atoms with E-state index in [1.165, 1.54) is 17.5 Å². The molecule has 3 N–H and O–H groups in total. The minimum absolute atomic E-state index is 0.279. The molecule has 4 aromatic rings. The van der Waals surface area contributed by atoms with Crippen molar-refractivity contribution in [1.29, 1.82) is 5.26 Å². The van der Waals surface area contributed by atoms with E-state index in [-0.39, 0.29) is 11.8 Å². The van der Waals surface area contributed by atoms with Crippen LogP contribution in [0, 0.1) is 23.7 Å². The Kier molecular flexibility index (Phi) is 6.89. The molecule has 2 aromatic carbocycles. The van der Waals surface area contributed by atoms with E-state index >= 15 is 0 Å². The average Bonchev–Trinajstić information content (AvgIpc) is 3.57. The van der Waals surface area contributed by atoms with Gasteiger partial charge in [-0.25, -0.2) is 4.98 Å². The molecule has 1 aliphatic carbocycles. The molecule has 37 heavy (non-hydrogen) atoms. The Hall–Kier alpha value is -4.22. The Balaban J connectivity index is 1.43. The lowest BCUT2D eigenvalue weighted by molar-refractivity contribution is 0.0939. The topological polar surface area (TPSA) is 107 Å². The summed E-state index contributed by atoms with van der Waals surface area (Å²) in [7, 11) is 0. The van der Waals surface area contributed by atoms with Crippen molar-refractivity contribution in [2.24, 2.45) is 5.41 Å². The van der Waals surface area contributed by atoms with Crippen molar-refractivity contribution in [3.8, 4) is 6.07 Å². The highest BCUT2D eigenvalue weighted by atomic mass is 32.1. The molecule has 2 aromatic heterocycles. The van der Waals surface area contributed by atoms with Gasteiger partial charge in [0.1, 0.15) is 0 Å². The molecule has 1 fully saturated rings. The second-order valence-corrected chi connectivity index (χ2v) is 10.4. The number of nitrogens with zero attached hydrogens (tertiary/aromatic N) is 2. The van der Waals surface area contributed by atoms with E-state index in [0.29, 0.717) is 29.2 Å². The van der Waals surface area contributed by atoms with Gasteiger partial charge in [0.2, 0.25) is 0 Å². The van der Waals surface area contributed by atoms with Gasteiger partial charge in [0.25, 0.3) is 11.8 Å². The van der Waals surface area contributed by atoms with Crippen molar-refractivity contribution in [2.45, 2.75) is 32.6 Å². The number of amides is 2. The maximum Gasteiger partial charge on any atom is 0.257 e. The van der Waals surface area contributed by atoms with Crippen LogP contribution in [-0.4, -0.2) is 23.3 Å². The Labute approximate surface area is 219 Å². The Morgan fingerprint density at radius 3 is 2.59 bits per heavy atom. The first kappa shape index (κ1) is 24.5. The van der Waals surface area contributed by atoms with E-state index in [4.69, 9.17) is 0 Å². The molecule has 0 unspecified atom stereocenters. The van der Waals surface area contributed by atoms with Crippen LogP contribution in [0.5, 0.6) is 0 Å². The first-order valence-electron chi connectivity index (χ1n) is 12.3. The average molecular weight is 510 g/mol. The van der Waals surface area contributed by atoms with Crippen LogP contribution in [0.2, 0.25) is 0 Å². The molecule has 0 spiro atoms. The van der Waals surface area contributed by atoms with Gasteiger partial charge >= 0.3 is 0 Å². The van der Waals surface area contributed by atoms with Crippen molar-refractivity contribution in [1.82, 2.24) is 10.3 Å². The third-order valence-corrected chi connectivity index (χ3v) is 7.87. The molecule has 2 amide bonds. The molecule has 0 atom stereocenters. The number of fused-ring (bicyclic) bond motifs is 1. The summed E-state index contributed by atoms with van der Waals surface area (Å²) in [4.78, 5) is 30.9. The van der Waals surface area contributed by atoms with Gasteiger partial charge in [0, 0.05) is 33.9 Å². The highest BCUT2D eigenvalue weighted by Crippen LogP contribution is 2.37. The fraction of sp³-hybridized carbons (Fsp3) is 0.241. The summed E-state index contributed by atoms with van der Waals surface area (Å²) in [6, 6.07) is 19.5. The van der Waals surface area contributed by atoms with Gasteiger partial charge in [-0.2, -0.15) is 5.26 Å². The highest BCUT2D eigenvalue weighted by Gasteiger charge is 2.34. The molecule has 1 aliphatic rings. The molecule has 8 heteroatoms. The molecule has 0 bridgehead atoms. The summed E-state index contributed by atoms with van der Waals surface area (Å²) in [5.41, 5.74) is 2.63. The quantitative estimate of drug-likeness (QED) is 0.267. The number of anilines is 3. The number of carbonyl (C=O) groups excluding carboxylic acids is 2. The molecule has 2 heterocycles. The summed E-state index contributed by atoms with van der Waals surface area (Å²) in [6.45, 7) is 2.28. The molecule has 5 rings (SSSR count). The zero-order valence-corrected chi connectivity index (χ0v) is 21.3. The fourth-order valence-corrected chi connectivity index (χ4v) is 5.64. The van der Waals surface area contributed by atoms with Crippen LogP contribution in [0.3, 0.4) is 0 Å². The predicted molar refractivity (Wildman–Crippen MR) is 147 cm³/mol. The first-order chi connectivity index (χ1) is 18.0. The number of rotatable bonds is 7. The summed E-state index contributed by atoms with van der Waals surface area (Å²) >= 11 is 1.51. The van der Waals surface area contributed by atoms with Crippen molar-refractivity contribution >= 4 is 50.4 Å². The second kappa shape index (κ2) is 10.4. The Morgan fingerprint density at radius 1 is 1.05 bits per heavy atom. The maximum absolute atomic E-state index is 13.3. The van der Waals surface area contributed by atoms with E-state index in [0.717, 1.165) is 47.0 Å². The van der Waals surface area contributed by atoms with Gasteiger partial charge in [0.15, 0.2) is 5.82 Å². The number of thiophene rings is 1. The number of aromatic nitrogens is 1. The number of carbonyl (C=O) groups is 2. The van der Waals surface area contributed by atoms with Crippen LogP contribution in [0.25, 0.3) is 10.1 Å². The van der Waals surface area contributed by atoms with Crippen molar-refractivity contribution in [2.75, 3.05) is 17.2 Å². The number of hydrogen-bond donors (Lipinski definition) is 3. The second-order valence-electron chi connectivity index (χ2n) is 9.44. The van der Waals surface area contributed by atoms with Gasteiger partial charge in [0.05, 0.1) is 28.3 Å². The molecule has 0 saturated heterocycles. The van der Waals surface area contributed by atoms with E-state index < -0.39 is 5.41 Å². The van der Waals surface area contributed by atoms with Crippen molar-refractivity contribution < 1.29 is 9.59 Å². The molecular formula is C29H27N5O2S. The zero-order chi connectivity index (χ0) is 25.8. The monoisotopic (exact) mass is 509 g/mol. The molecule has 186 valence electrons. The smallest absolute Gasteiger partial charge is 0.257 e. The lowest BCUT2D eigenvalue weighted by Gasteiger charge is -2.20. The first-order valence-corrected chi connectivity index (χ1v) is 13.2. The molecule has 1 saturated carbocycles. The largest absolute Gasteiger partial charge is 0.350 e. The van der Waals surface area contributed by atoms with Gasteiger partial charge in [-0.1, -0.05) is 49.2 Å². The Bertz CT molecular complexity index is 1510. The van der Waals surface area contributed by atoms with Crippen LogP contribution in [-0.2, 0) is 0 Å².